The van der Waals surface area contributed by atoms with Crippen LogP contribution in [0.2, 0.25) is 0 Å². The predicted molar refractivity (Wildman–Crippen MR) is 59.6 cm³/mol. The highest BCUT2D eigenvalue weighted by Gasteiger charge is 2.03. The summed E-state index contributed by atoms with van der Waals surface area (Å²) in [5.74, 6) is 0.561. The van der Waals surface area contributed by atoms with Crippen molar-refractivity contribution in [2.75, 3.05) is 7.05 Å². The first-order chi connectivity index (χ1) is 6.97. The Hall–Kier alpha value is -1.14. The van der Waals surface area contributed by atoms with Crippen LogP contribution >= 0.6 is 11.3 Å². The molecule has 0 spiro atoms. The van der Waals surface area contributed by atoms with Crippen LogP contribution in [-0.2, 0) is 6.54 Å². The van der Waals surface area contributed by atoms with Crippen LogP contribution in [0, 0.1) is 0 Å². The van der Waals surface area contributed by atoms with E-state index in [1.807, 2.05) is 7.05 Å². The lowest BCUT2D eigenvalue weighted by atomic mass is 10.2. The van der Waals surface area contributed by atoms with Crippen LogP contribution in [0.3, 0.4) is 0 Å². The highest BCUT2D eigenvalue weighted by atomic mass is 32.1. The molecule has 0 aliphatic carbocycles. The van der Waals surface area contributed by atoms with Gasteiger partial charge >= 0.3 is 6.16 Å². The number of rotatable bonds is 3. The van der Waals surface area contributed by atoms with E-state index in [-0.39, 0.29) is 0 Å². The van der Waals surface area contributed by atoms with Crippen molar-refractivity contribution in [1.29, 1.82) is 0 Å². The molecular weight excluding hydrogens is 216 g/mol. The van der Waals surface area contributed by atoms with Crippen LogP contribution in [0.5, 0.6) is 0 Å². The average Bonchev–Trinajstić information content (AvgIpc) is 2.52. The van der Waals surface area contributed by atoms with E-state index in [1.165, 1.54) is 5.01 Å². The fraction of sp³-hybridized carbons (Fsp3) is 0.556. The Balaban J connectivity index is 0.000000423. The van der Waals surface area contributed by atoms with Gasteiger partial charge in [0.05, 0.1) is 10.7 Å². The second-order valence-corrected chi connectivity index (χ2v) is 4.03. The van der Waals surface area contributed by atoms with Crippen LogP contribution in [0.1, 0.15) is 30.5 Å². The van der Waals surface area contributed by atoms with Gasteiger partial charge in [0.25, 0.3) is 0 Å². The molecule has 6 heteroatoms. The Morgan fingerprint density at radius 2 is 2.13 bits per heavy atom. The molecular formula is C9H16N2O3S. The van der Waals surface area contributed by atoms with Crippen LogP contribution in [0.25, 0.3) is 0 Å². The van der Waals surface area contributed by atoms with Gasteiger partial charge in [-0.3, -0.25) is 0 Å². The summed E-state index contributed by atoms with van der Waals surface area (Å²) in [6.07, 6.45) is -1.83. The molecule has 86 valence electrons. The zero-order valence-electron chi connectivity index (χ0n) is 9.02. The average molecular weight is 232 g/mol. The minimum atomic E-state index is -1.83. The monoisotopic (exact) mass is 232 g/mol. The minimum absolute atomic E-state index is 0.561. The maximum atomic E-state index is 8.56. The standard InChI is InChI=1S/C8H14N2S.CH2O3/c1-6(2)8-10-7(4-9-3)5-11-8;2-1(3)4/h5-6,9H,4H2,1-3H3;(H2,2,3,4). The summed E-state index contributed by atoms with van der Waals surface area (Å²) in [6.45, 7) is 5.22. The van der Waals surface area contributed by atoms with Gasteiger partial charge in [0.2, 0.25) is 0 Å². The lowest BCUT2D eigenvalue weighted by molar-refractivity contribution is 0.137. The Morgan fingerprint density at radius 3 is 2.47 bits per heavy atom. The molecule has 5 nitrogen and oxygen atoms in total. The largest absolute Gasteiger partial charge is 0.503 e. The molecule has 0 aliphatic heterocycles. The van der Waals surface area contributed by atoms with Crippen molar-refractivity contribution < 1.29 is 15.0 Å². The molecule has 0 bridgehead atoms. The van der Waals surface area contributed by atoms with Gasteiger partial charge in [0.1, 0.15) is 0 Å². The second kappa shape index (κ2) is 7.19. The third-order valence-corrected chi connectivity index (χ3v) is 2.62. The third kappa shape index (κ3) is 6.87. The van der Waals surface area contributed by atoms with Gasteiger partial charge in [0.15, 0.2) is 0 Å². The van der Waals surface area contributed by atoms with Crippen molar-refractivity contribution in [3.05, 3.63) is 16.1 Å². The number of carboxylic acid groups (broad SMARTS) is 2. The third-order valence-electron chi connectivity index (χ3n) is 1.42. The van der Waals surface area contributed by atoms with E-state index in [1.54, 1.807) is 11.3 Å². The van der Waals surface area contributed by atoms with Gasteiger partial charge in [-0.2, -0.15) is 0 Å². The smallest absolute Gasteiger partial charge is 0.450 e. The molecule has 1 heterocycles. The molecule has 0 aromatic carbocycles. The molecule has 0 unspecified atom stereocenters. The number of carbonyl (C=O) groups is 1. The number of aromatic nitrogens is 1. The van der Waals surface area contributed by atoms with Gasteiger partial charge in [0, 0.05) is 17.8 Å². The topological polar surface area (TPSA) is 82.5 Å². The Morgan fingerprint density at radius 1 is 1.60 bits per heavy atom. The number of hydrogen-bond donors (Lipinski definition) is 3. The highest BCUT2D eigenvalue weighted by Crippen LogP contribution is 2.18. The van der Waals surface area contributed by atoms with E-state index >= 15 is 0 Å². The summed E-state index contributed by atoms with van der Waals surface area (Å²) in [6, 6.07) is 0. The maximum Gasteiger partial charge on any atom is 0.503 e. The molecule has 1 aromatic heterocycles. The molecule has 0 saturated heterocycles. The minimum Gasteiger partial charge on any atom is -0.450 e. The fourth-order valence-electron chi connectivity index (χ4n) is 0.850. The number of nitrogens with one attached hydrogen (secondary N) is 1. The van der Waals surface area contributed by atoms with Crippen LogP contribution in [0.4, 0.5) is 4.79 Å². The zero-order valence-corrected chi connectivity index (χ0v) is 9.84. The van der Waals surface area contributed by atoms with Crippen molar-refractivity contribution >= 4 is 17.5 Å². The van der Waals surface area contributed by atoms with E-state index in [2.05, 4.69) is 29.5 Å². The second-order valence-electron chi connectivity index (χ2n) is 3.14. The molecule has 0 atom stereocenters. The van der Waals surface area contributed by atoms with Gasteiger partial charge in [-0.25, -0.2) is 9.78 Å². The number of nitrogens with zero attached hydrogens (tertiary/aromatic N) is 1. The summed E-state index contributed by atoms with van der Waals surface area (Å²) in [5.41, 5.74) is 1.15. The molecule has 3 N–H and O–H groups in total. The summed E-state index contributed by atoms with van der Waals surface area (Å²) in [4.78, 5) is 13.0. The fourth-order valence-corrected chi connectivity index (χ4v) is 1.69. The highest BCUT2D eigenvalue weighted by molar-refractivity contribution is 7.09. The van der Waals surface area contributed by atoms with Crippen LogP contribution in [-0.4, -0.2) is 28.4 Å². The van der Waals surface area contributed by atoms with Crippen molar-refractivity contribution in [2.45, 2.75) is 26.3 Å². The van der Waals surface area contributed by atoms with Gasteiger partial charge in [-0.15, -0.1) is 11.3 Å². The SMILES string of the molecule is CNCc1csc(C(C)C)n1.O=C(O)O. The first-order valence-electron chi connectivity index (χ1n) is 4.48. The zero-order chi connectivity index (χ0) is 11.8. The summed E-state index contributed by atoms with van der Waals surface area (Å²) in [7, 11) is 1.94. The molecule has 1 aromatic rings. The van der Waals surface area contributed by atoms with E-state index in [0.717, 1.165) is 12.2 Å². The quantitative estimate of drug-likeness (QED) is 0.744. The number of thiazole rings is 1. The normalized spacial score (nSPS) is 9.60. The Kier molecular flexibility index (Phi) is 6.64. The lowest BCUT2D eigenvalue weighted by Crippen LogP contribution is -2.05. The van der Waals surface area contributed by atoms with E-state index in [4.69, 9.17) is 15.0 Å². The lowest BCUT2D eigenvalue weighted by Gasteiger charge is -1.96. The molecule has 0 amide bonds. The molecule has 15 heavy (non-hydrogen) atoms. The summed E-state index contributed by atoms with van der Waals surface area (Å²) >= 11 is 1.75. The van der Waals surface area contributed by atoms with Crippen LogP contribution in [0.15, 0.2) is 5.38 Å². The summed E-state index contributed by atoms with van der Waals surface area (Å²) in [5, 5.41) is 20.4. The maximum absolute atomic E-state index is 8.56. The number of hydrogen-bond acceptors (Lipinski definition) is 4. The molecule has 0 saturated carbocycles. The van der Waals surface area contributed by atoms with Gasteiger partial charge in [-0.1, -0.05) is 13.8 Å². The van der Waals surface area contributed by atoms with Gasteiger partial charge < -0.3 is 15.5 Å². The molecule has 1 rings (SSSR count). The van der Waals surface area contributed by atoms with Crippen LogP contribution < -0.4 is 5.32 Å². The van der Waals surface area contributed by atoms with E-state index in [0.29, 0.717) is 5.92 Å². The first-order valence-corrected chi connectivity index (χ1v) is 5.36. The van der Waals surface area contributed by atoms with Crippen molar-refractivity contribution in [2.24, 2.45) is 0 Å². The van der Waals surface area contributed by atoms with E-state index < -0.39 is 6.16 Å². The first kappa shape index (κ1) is 13.9. The van der Waals surface area contributed by atoms with Crippen molar-refractivity contribution in [1.82, 2.24) is 10.3 Å². The molecule has 0 radical (unpaired) electrons. The van der Waals surface area contributed by atoms with E-state index in [9.17, 15) is 0 Å². The van der Waals surface area contributed by atoms with Gasteiger partial charge in [-0.05, 0) is 7.05 Å². The summed E-state index contributed by atoms with van der Waals surface area (Å²) < 4.78 is 0. The van der Waals surface area contributed by atoms with Crippen molar-refractivity contribution in [3.8, 4) is 0 Å². The Labute approximate surface area is 92.8 Å². The van der Waals surface area contributed by atoms with Crippen molar-refractivity contribution in [3.63, 3.8) is 0 Å². The Bertz CT molecular complexity index is 295. The predicted octanol–water partition coefficient (Wildman–Crippen LogP) is 2.21. The molecule has 0 fully saturated rings. The molecule has 0 aliphatic rings.